The number of nitrogens with one attached hydrogen (secondary N) is 2. The molecule has 4 aromatic heterocycles. The average Bonchev–Trinajstić information content (AvgIpc) is 4.11. The van der Waals surface area contributed by atoms with Crippen molar-refractivity contribution in [2.45, 2.75) is 83.1 Å². The first-order valence-electron chi connectivity index (χ1n) is 25.5. The van der Waals surface area contributed by atoms with Gasteiger partial charge in [-0.05, 0) is 98.9 Å². The molecule has 1 saturated carbocycles. The lowest BCUT2D eigenvalue weighted by atomic mass is 9.94. The van der Waals surface area contributed by atoms with Crippen LogP contribution in [0, 0.1) is 23.4 Å². The summed E-state index contributed by atoms with van der Waals surface area (Å²) < 4.78 is 53.1. The van der Waals surface area contributed by atoms with E-state index in [9.17, 15) is 28.4 Å². The van der Waals surface area contributed by atoms with Gasteiger partial charge in [-0.25, -0.2) is 22.9 Å². The number of fused-ring (bicyclic) bond motifs is 2. The van der Waals surface area contributed by atoms with Crippen molar-refractivity contribution in [3.63, 3.8) is 0 Å². The van der Waals surface area contributed by atoms with Gasteiger partial charge in [-0.1, -0.05) is 12.1 Å². The van der Waals surface area contributed by atoms with Crippen molar-refractivity contribution in [3.8, 4) is 5.69 Å². The molecule has 0 unspecified atom stereocenters. The lowest BCUT2D eigenvalue weighted by molar-refractivity contribution is -0.135. The van der Waals surface area contributed by atoms with Crippen LogP contribution in [0.5, 0.6) is 0 Å². The molecule has 8 heterocycles. The Labute approximate surface area is 419 Å². The third-order valence-electron chi connectivity index (χ3n) is 15.9. The largest absolute Gasteiger partial charge is 0.386 e. The number of hydrogen-bond donors (Lipinski definition) is 2. The fourth-order valence-corrected chi connectivity index (χ4v) is 11.7. The number of pyridine rings is 2. The third kappa shape index (κ3) is 9.31. The predicted octanol–water partition coefficient (Wildman–Crippen LogP) is 5.96. The highest BCUT2D eigenvalue weighted by Crippen LogP contribution is 2.38. The molecule has 3 saturated heterocycles. The molecule has 2 N–H and O–H groups in total. The summed E-state index contributed by atoms with van der Waals surface area (Å²) in [4.78, 5) is 78.4. The molecule has 3 amide bonds. The molecule has 73 heavy (non-hydrogen) atoms. The molecule has 0 radical (unpaired) electrons. The highest BCUT2D eigenvalue weighted by Gasteiger charge is 2.36. The third-order valence-corrected chi connectivity index (χ3v) is 15.9. The first-order valence-corrected chi connectivity index (χ1v) is 25.5. The number of imidazole rings is 1. The zero-order valence-corrected chi connectivity index (χ0v) is 41.4. The molecule has 5 aliphatic rings. The Kier molecular flexibility index (Phi) is 13.0. The average molecular weight is 1000 g/mol. The van der Waals surface area contributed by atoms with Crippen LogP contribution in [-0.2, 0) is 29.7 Å². The Morgan fingerprint density at radius 1 is 0.822 bits per heavy atom. The Morgan fingerprint density at radius 3 is 2.30 bits per heavy atom. The summed E-state index contributed by atoms with van der Waals surface area (Å²) in [5.74, 6) is -2.79. The smallest absolute Gasteiger partial charge is 0.330 e. The Morgan fingerprint density at radius 2 is 1.60 bits per heavy atom. The molecule has 11 rings (SSSR count). The second kappa shape index (κ2) is 19.5. The first kappa shape index (κ1) is 48.4. The van der Waals surface area contributed by atoms with Crippen molar-refractivity contribution in [2.24, 2.45) is 13.0 Å². The van der Waals surface area contributed by atoms with Gasteiger partial charge >= 0.3 is 5.69 Å². The molecule has 16 nitrogen and oxygen atoms in total. The number of piperidine rings is 2. The number of imide groups is 1. The molecule has 382 valence electrons. The Bertz CT molecular complexity index is 3320. The number of carbonyl (C=O) groups excluding carboxylic acids is 3. The molecule has 2 atom stereocenters. The first-order chi connectivity index (χ1) is 35.2. The Balaban J connectivity index is 0.674. The number of amides is 3. The number of hydrogen-bond acceptors (Lipinski definition) is 10. The molecule has 0 spiro atoms. The standard InChI is InChI=1S/C54H60F3N11O5/c1-32-27-63(28-34-4-7-45-47(22-34)67(37-5-6-37)54(73)68(45)46-8-9-48(69)60-52(46)71)20-21-65(32)29-33-11-18-64(19-12-33)53(72)36-23-40(55)50(41(56)24-36)35-13-16-62(17-14-35)30-38-25-39-44(10-15-59-51(39)61(38)3)66-31-42(57)43(58-2)26-49(66)70/h4,7,10,13,15,22-26,31-33,37,46,58H,5-6,8-9,11-12,14,16-21,27-30H2,1-3H3,(H,60,69,71)/t32-,46-/m0/s1. The van der Waals surface area contributed by atoms with Gasteiger partial charge in [0.15, 0.2) is 5.82 Å². The predicted molar refractivity (Wildman–Crippen MR) is 271 cm³/mol. The highest BCUT2D eigenvalue weighted by molar-refractivity contribution is 6.00. The van der Waals surface area contributed by atoms with E-state index in [-0.39, 0.29) is 52.3 Å². The summed E-state index contributed by atoms with van der Waals surface area (Å²) in [5, 5.41) is 5.78. The van der Waals surface area contributed by atoms with Crippen molar-refractivity contribution in [2.75, 3.05) is 64.7 Å². The van der Waals surface area contributed by atoms with Gasteiger partial charge in [-0.2, -0.15) is 0 Å². The van der Waals surface area contributed by atoms with E-state index in [2.05, 4.69) is 43.3 Å². The number of benzene rings is 2. The molecule has 6 aromatic rings. The van der Waals surface area contributed by atoms with Crippen LogP contribution in [0.15, 0.2) is 76.6 Å². The maximum Gasteiger partial charge on any atom is 0.330 e. The SMILES string of the molecule is CNc1cc(=O)n(-c2ccnc3c2cc(CN2CC=C(c4c(F)cc(C(=O)N5CCC(CN6CCN(Cc7ccc8c(c7)n(C7CC7)c(=O)n8[C@H]7CCC(=O)NC7=O)C[C@@H]6C)CC5)cc4F)CC2)n3C)cc1F. The van der Waals surface area contributed by atoms with Gasteiger partial charge in [0.2, 0.25) is 11.8 Å². The number of anilines is 1. The molecule has 0 bridgehead atoms. The van der Waals surface area contributed by atoms with Crippen LogP contribution in [0.2, 0.25) is 0 Å². The van der Waals surface area contributed by atoms with Crippen LogP contribution in [-0.4, -0.2) is 126 Å². The van der Waals surface area contributed by atoms with Crippen molar-refractivity contribution in [1.29, 1.82) is 0 Å². The van der Waals surface area contributed by atoms with Crippen LogP contribution in [0.1, 0.15) is 91.1 Å². The topological polar surface area (TPSA) is 155 Å². The van der Waals surface area contributed by atoms with E-state index in [1.165, 1.54) is 29.0 Å². The van der Waals surface area contributed by atoms with Gasteiger partial charge in [0.25, 0.3) is 11.5 Å². The van der Waals surface area contributed by atoms with Gasteiger partial charge in [0.05, 0.1) is 28.6 Å². The number of halogens is 3. The summed E-state index contributed by atoms with van der Waals surface area (Å²) in [5.41, 5.74) is 4.68. The normalized spacial score (nSPS) is 20.8. The summed E-state index contributed by atoms with van der Waals surface area (Å²) in [6.45, 7) is 9.02. The van der Waals surface area contributed by atoms with Gasteiger partial charge < -0.3 is 14.8 Å². The maximum absolute atomic E-state index is 15.9. The second-order valence-corrected chi connectivity index (χ2v) is 20.6. The van der Waals surface area contributed by atoms with E-state index < -0.39 is 29.4 Å². The number of nitrogens with zero attached hydrogens (tertiary/aromatic N) is 9. The molecule has 19 heteroatoms. The van der Waals surface area contributed by atoms with Crippen LogP contribution < -0.4 is 21.9 Å². The molecular weight excluding hydrogens is 940 g/mol. The summed E-state index contributed by atoms with van der Waals surface area (Å²) in [7, 11) is 3.43. The molecule has 2 aromatic carbocycles. The summed E-state index contributed by atoms with van der Waals surface area (Å²) in [6.07, 6.45) is 8.93. The highest BCUT2D eigenvalue weighted by atomic mass is 19.1. The van der Waals surface area contributed by atoms with E-state index in [4.69, 9.17) is 0 Å². The summed E-state index contributed by atoms with van der Waals surface area (Å²) in [6, 6.07) is 13.0. The van der Waals surface area contributed by atoms with E-state index in [0.717, 1.165) is 80.7 Å². The number of rotatable bonds is 12. The Hall–Kier alpha value is -6.83. The van der Waals surface area contributed by atoms with Crippen molar-refractivity contribution < 1.29 is 27.6 Å². The van der Waals surface area contributed by atoms with E-state index in [0.29, 0.717) is 79.8 Å². The number of aromatic nitrogens is 5. The molecular formula is C54H60F3N11O5. The van der Waals surface area contributed by atoms with E-state index in [1.54, 1.807) is 28.8 Å². The minimum atomic E-state index is -0.754. The number of piperazine rings is 1. The minimum Gasteiger partial charge on any atom is -0.386 e. The summed E-state index contributed by atoms with van der Waals surface area (Å²) >= 11 is 0. The van der Waals surface area contributed by atoms with Crippen LogP contribution in [0.4, 0.5) is 18.9 Å². The zero-order valence-electron chi connectivity index (χ0n) is 41.4. The number of carbonyl (C=O) groups is 3. The van der Waals surface area contributed by atoms with Crippen LogP contribution in [0.3, 0.4) is 0 Å². The van der Waals surface area contributed by atoms with Crippen LogP contribution in [0.25, 0.3) is 33.3 Å². The number of likely N-dealkylation sites (tertiary alicyclic amines) is 1. The zero-order chi connectivity index (χ0) is 50.8. The second-order valence-electron chi connectivity index (χ2n) is 20.6. The number of aryl methyl sites for hydroxylation is 1. The lowest BCUT2D eigenvalue weighted by Gasteiger charge is -2.42. The fraction of sp³-hybridized carbons (Fsp3) is 0.444. The monoisotopic (exact) mass is 999 g/mol. The van der Waals surface area contributed by atoms with Crippen molar-refractivity contribution in [1.82, 2.24) is 48.2 Å². The molecule has 4 aliphatic heterocycles. The van der Waals surface area contributed by atoms with E-state index >= 15 is 8.78 Å². The van der Waals surface area contributed by atoms with Gasteiger partial charge in [-0.3, -0.25) is 52.9 Å². The van der Waals surface area contributed by atoms with E-state index in [1.807, 2.05) is 40.5 Å². The van der Waals surface area contributed by atoms with Gasteiger partial charge in [0, 0.05) is 133 Å². The van der Waals surface area contributed by atoms with Gasteiger partial charge in [-0.15, -0.1) is 0 Å². The van der Waals surface area contributed by atoms with Crippen LogP contribution >= 0.6 is 0 Å². The van der Waals surface area contributed by atoms with Gasteiger partial charge in [0.1, 0.15) is 23.3 Å². The fourth-order valence-electron chi connectivity index (χ4n) is 11.7. The maximum atomic E-state index is 15.9. The molecule has 1 aliphatic carbocycles. The van der Waals surface area contributed by atoms with Crippen molar-refractivity contribution >= 4 is 51.0 Å². The van der Waals surface area contributed by atoms with Crippen molar-refractivity contribution in [3.05, 3.63) is 128 Å². The molecule has 4 fully saturated rings. The quantitative estimate of drug-likeness (QED) is 0.141. The lowest BCUT2D eigenvalue weighted by Crippen LogP contribution is -2.53. The minimum absolute atomic E-state index is 0.00793.